The van der Waals surface area contributed by atoms with Crippen molar-refractivity contribution < 1.29 is 8.78 Å². The molecule has 0 fully saturated rings. The second kappa shape index (κ2) is 2.38. The summed E-state index contributed by atoms with van der Waals surface area (Å²) >= 11 is 0. The summed E-state index contributed by atoms with van der Waals surface area (Å²) in [4.78, 5) is 0. The van der Waals surface area contributed by atoms with Crippen LogP contribution in [0.2, 0.25) is 0 Å². The molecule has 0 aromatic rings. The van der Waals surface area contributed by atoms with Gasteiger partial charge < -0.3 is 11.1 Å². The number of hydrogen-bond acceptors (Lipinski definition) is 2. The Bertz CT molecular complexity index is 177. The predicted octanol–water partition coefficient (Wildman–Crippen LogP) is 0.580. The Balaban J connectivity index is 2.70. The van der Waals surface area contributed by atoms with Crippen LogP contribution in [0.4, 0.5) is 8.78 Å². The van der Waals surface area contributed by atoms with Crippen LogP contribution < -0.4 is 11.1 Å². The number of halogens is 2. The van der Waals surface area contributed by atoms with E-state index >= 15 is 0 Å². The second-order valence-electron chi connectivity index (χ2n) is 2.10. The van der Waals surface area contributed by atoms with Crippen LogP contribution in [-0.4, -0.2) is 12.1 Å². The van der Waals surface area contributed by atoms with E-state index in [4.69, 9.17) is 5.73 Å². The van der Waals surface area contributed by atoms with Crippen LogP contribution in [0.5, 0.6) is 0 Å². The number of dihydropyridines is 1. The Morgan fingerprint density at radius 3 is 2.40 bits per heavy atom. The molecule has 0 spiro atoms. The molecule has 1 unspecified atom stereocenters. The van der Waals surface area contributed by atoms with E-state index in [1.54, 1.807) is 6.08 Å². The van der Waals surface area contributed by atoms with E-state index in [1.807, 2.05) is 0 Å². The fourth-order valence-corrected chi connectivity index (χ4v) is 0.647. The third-order valence-corrected chi connectivity index (χ3v) is 1.27. The van der Waals surface area contributed by atoms with E-state index in [2.05, 4.69) is 5.32 Å². The molecule has 2 nitrogen and oxygen atoms in total. The zero-order valence-corrected chi connectivity index (χ0v) is 5.22. The lowest BCUT2D eigenvalue weighted by Gasteiger charge is -2.26. The molecule has 3 N–H and O–H groups in total. The van der Waals surface area contributed by atoms with Gasteiger partial charge in [-0.1, -0.05) is 6.08 Å². The lowest BCUT2D eigenvalue weighted by molar-refractivity contribution is 0.0678. The summed E-state index contributed by atoms with van der Waals surface area (Å²) in [6, 6.07) is 0. The summed E-state index contributed by atoms with van der Waals surface area (Å²) in [5.41, 5.74) is 3.53. The second-order valence-corrected chi connectivity index (χ2v) is 2.10. The van der Waals surface area contributed by atoms with E-state index in [1.165, 1.54) is 18.4 Å². The van der Waals surface area contributed by atoms with Crippen molar-refractivity contribution in [3.63, 3.8) is 0 Å². The van der Waals surface area contributed by atoms with Crippen LogP contribution >= 0.6 is 0 Å². The molecule has 0 amide bonds. The molecule has 1 rings (SSSR count). The molecular weight excluding hydrogens is 138 g/mol. The summed E-state index contributed by atoms with van der Waals surface area (Å²) in [6.45, 7) is 0. The van der Waals surface area contributed by atoms with E-state index in [9.17, 15) is 8.78 Å². The van der Waals surface area contributed by atoms with Gasteiger partial charge in [0.2, 0.25) is 0 Å². The Hall–Kier alpha value is -0.900. The summed E-state index contributed by atoms with van der Waals surface area (Å²) in [5.74, 6) is 0. The topological polar surface area (TPSA) is 38.0 Å². The minimum atomic E-state index is -2.59. The third kappa shape index (κ3) is 1.16. The van der Waals surface area contributed by atoms with Gasteiger partial charge >= 0.3 is 0 Å². The Labute approximate surface area is 57.4 Å². The van der Waals surface area contributed by atoms with Gasteiger partial charge in [0.1, 0.15) is 0 Å². The van der Waals surface area contributed by atoms with Crippen LogP contribution in [0.3, 0.4) is 0 Å². The maximum atomic E-state index is 12.0. The highest BCUT2D eigenvalue weighted by molar-refractivity contribution is 5.18. The molecule has 0 aromatic heterocycles. The fourth-order valence-electron chi connectivity index (χ4n) is 0.647. The first-order valence-electron chi connectivity index (χ1n) is 2.84. The van der Waals surface area contributed by atoms with Crippen LogP contribution in [0.1, 0.15) is 0 Å². The van der Waals surface area contributed by atoms with Crippen LogP contribution in [0.15, 0.2) is 24.4 Å². The van der Waals surface area contributed by atoms with Crippen molar-refractivity contribution in [3.8, 4) is 0 Å². The van der Waals surface area contributed by atoms with Gasteiger partial charge in [0.25, 0.3) is 6.43 Å². The summed E-state index contributed by atoms with van der Waals surface area (Å²) in [5, 5.41) is 2.36. The highest BCUT2D eigenvalue weighted by Crippen LogP contribution is 2.13. The molecule has 1 aliphatic rings. The van der Waals surface area contributed by atoms with Crippen molar-refractivity contribution in [2.45, 2.75) is 12.1 Å². The quantitative estimate of drug-likeness (QED) is 0.567. The molecule has 0 saturated carbocycles. The number of alkyl halides is 2. The number of rotatable bonds is 1. The number of nitrogens with one attached hydrogen (secondary N) is 1. The Morgan fingerprint density at radius 2 is 2.10 bits per heavy atom. The van der Waals surface area contributed by atoms with E-state index in [0.29, 0.717) is 0 Å². The molecule has 4 heteroatoms. The highest BCUT2D eigenvalue weighted by Gasteiger charge is 2.32. The van der Waals surface area contributed by atoms with Crippen molar-refractivity contribution >= 4 is 0 Å². The molecule has 0 aromatic carbocycles. The first kappa shape index (κ1) is 7.21. The largest absolute Gasteiger partial charge is 0.366 e. The smallest absolute Gasteiger partial charge is 0.277 e. The molecule has 0 saturated heterocycles. The van der Waals surface area contributed by atoms with Gasteiger partial charge in [-0.3, -0.25) is 0 Å². The van der Waals surface area contributed by atoms with Crippen LogP contribution in [0.25, 0.3) is 0 Å². The fraction of sp³-hybridized carbons (Fsp3) is 0.333. The molecule has 0 radical (unpaired) electrons. The van der Waals surface area contributed by atoms with Crippen molar-refractivity contribution in [1.82, 2.24) is 5.32 Å². The average Bonchev–Trinajstić information content (AvgIpc) is 1.89. The van der Waals surface area contributed by atoms with Crippen molar-refractivity contribution in [3.05, 3.63) is 24.4 Å². The minimum Gasteiger partial charge on any atom is -0.366 e. The van der Waals surface area contributed by atoms with Crippen molar-refractivity contribution in [2.24, 2.45) is 5.73 Å². The van der Waals surface area contributed by atoms with E-state index in [0.717, 1.165) is 0 Å². The van der Waals surface area contributed by atoms with Gasteiger partial charge in [-0.25, -0.2) is 8.78 Å². The van der Waals surface area contributed by atoms with Gasteiger partial charge in [0, 0.05) is 0 Å². The molecule has 56 valence electrons. The van der Waals surface area contributed by atoms with E-state index < -0.39 is 12.1 Å². The monoisotopic (exact) mass is 146 g/mol. The molecule has 0 aliphatic carbocycles. The summed E-state index contributed by atoms with van der Waals surface area (Å²) in [7, 11) is 0. The highest BCUT2D eigenvalue weighted by atomic mass is 19.3. The standard InChI is InChI=1S/C6H8F2N2/c7-5(8)6(9)3-1-2-4-10-6/h1-5,10H,9H2. The number of allylic oxidation sites excluding steroid dienone is 2. The normalized spacial score (nSPS) is 30.8. The van der Waals surface area contributed by atoms with Crippen LogP contribution in [-0.2, 0) is 0 Å². The van der Waals surface area contributed by atoms with Gasteiger partial charge in [-0.15, -0.1) is 0 Å². The minimum absolute atomic E-state index is 1.23. The molecule has 1 heterocycles. The molecule has 1 atom stereocenters. The molecule has 0 bridgehead atoms. The summed E-state index contributed by atoms with van der Waals surface area (Å²) < 4.78 is 24.1. The number of nitrogens with two attached hydrogens (primary N) is 1. The van der Waals surface area contributed by atoms with Gasteiger partial charge in [0.15, 0.2) is 5.66 Å². The van der Waals surface area contributed by atoms with Crippen LogP contribution in [0, 0.1) is 0 Å². The van der Waals surface area contributed by atoms with Crippen molar-refractivity contribution in [1.29, 1.82) is 0 Å². The first-order chi connectivity index (χ1) is 4.65. The third-order valence-electron chi connectivity index (χ3n) is 1.27. The molecule has 10 heavy (non-hydrogen) atoms. The Morgan fingerprint density at radius 1 is 1.40 bits per heavy atom. The van der Waals surface area contributed by atoms with Gasteiger partial charge in [-0.05, 0) is 18.4 Å². The Kier molecular flexibility index (Phi) is 1.72. The zero-order chi connectivity index (χ0) is 7.61. The maximum Gasteiger partial charge on any atom is 0.277 e. The SMILES string of the molecule is NC1(C(F)F)C=CC=CN1. The lowest BCUT2D eigenvalue weighted by atomic mass is 10.1. The van der Waals surface area contributed by atoms with Gasteiger partial charge in [0.05, 0.1) is 0 Å². The average molecular weight is 146 g/mol. The first-order valence-corrected chi connectivity index (χ1v) is 2.84. The lowest BCUT2D eigenvalue weighted by Crippen LogP contribution is -2.56. The zero-order valence-electron chi connectivity index (χ0n) is 5.22. The van der Waals surface area contributed by atoms with Gasteiger partial charge in [-0.2, -0.15) is 0 Å². The van der Waals surface area contributed by atoms with E-state index in [-0.39, 0.29) is 0 Å². The summed E-state index contributed by atoms with van der Waals surface area (Å²) in [6.07, 6.45) is 3.13. The predicted molar refractivity (Wildman–Crippen MR) is 34.3 cm³/mol. The molecule has 1 aliphatic heterocycles. The van der Waals surface area contributed by atoms with Crippen molar-refractivity contribution in [2.75, 3.05) is 0 Å². The molecular formula is C6H8F2N2. The maximum absolute atomic E-state index is 12.0. The number of hydrogen-bond donors (Lipinski definition) is 2.